The van der Waals surface area contributed by atoms with Crippen molar-refractivity contribution in [2.24, 2.45) is 0 Å². The number of hydrogen-bond acceptors (Lipinski definition) is 4. The summed E-state index contributed by atoms with van der Waals surface area (Å²) in [6.45, 7) is 0. The first-order valence-electron chi connectivity index (χ1n) is 10.3. The molecule has 35 heavy (non-hydrogen) atoms. The van der Waals surface area contributed by atoms with E-state index in [2.05, 4.69) is 0 Å². The van der Waals surface area contributed by atoms with Gasteiger partial charge < -0.3 is 14.6 Å². The molecule has 4 rings (SSSR count). The maximum Gasteiger partial charge on any atom is 0.335 e. The van der Waals surface area contributed by atoms with Crippen LogP contribution < -0.4 is 0 Å². The highest BCUT2D eigenvalue weighted by molar-refractivity contribution is 6.41. The molecule has 0 bridgehead atoms. The van der Waals surface area contributed by atoms with Crippen LogP contribution in [0.3, 0.4) is 0 Å². The number of carbonyl (C=O) groups excluding carboxylic acids is 2. The van der Waals surface area contributed by atoms with Gasteiger partial charge in [-0.1, -0.05) is 41.4 Å². The smallest absolute Gasteiger partial charge is 0.335 e. The molecule has 1 aromatic heterocycles. The van der Waals surface area contributed by atoms with Crippen LogP contribution in [0.2, 0.25) is 10.0 Å². The number of halogens is 3. The van der Waals surface area contributed by atoms with Gasteiger partial charge in [0.15, 0.2) is 5.78 Å². The van der Waals surface area contributed by atoms with Crippen molar-refractivity contribution in [2.75, 3.05) is 21.1 Å². The van der Waals surface area contributed by atoms with Crippen LogP contribution in [0.25, 0.3) is 16.6 Å². The maximum atomic E-state index is 14.8. The second kappa shape index (κ2) is 10.8. The van der Waals surface area contributed by atoms with Gasteiger partial charge in [0, 0.05) is 22.7 Å². The summed E-state index contributed by atoms with van der Waals surface area (Å²) in [6.07, 6.45) is 2.05. The standard InChI is InChI=1S/C23H12Cl2FNO4.C3H9N/c24-16-2-1-3-17(25)21(16)22(29)15-10-27(20-8-12(11-28)4-6-14(15)20)19-7-5-13(23(30)31)9-18(19)26;1-4(2)3/h1-11H,(H,30,31);1-3H3. The molecule has 0 aliphatic rings. The quantitative estimate of drug-likeness (QED) is 0.261. The van der Waals surface area contributed by atoms with Gasteiger partial charge in [-0.3, -0.25) is 9.59 Å². The molecule has 0 amide bonds. The third-order valence-electron chi connectivity index (χ3n) is 4.85. The second-order valence-corrected chi connectivity index (χ2v) is 8.86. The molecule has 4 aromatic rings. The van der Waals surface area contributed by atoms with Crippen molar-refractivity contribution in [3.63, 3.8) is 0 Å². The lowest BCUT2D eigenvalue weighted by Crippen LogP contribution is -2.03. The van der Waals surface area contributed by atoms with E-state index < -0.39 is 17.6 Å². The zero-order chi connectivity index (χ0) is 25.9. The zero-order valence-corrected chi connectivity index (χ0v) is 20.6. The molecule has 0 unspecified atom stereocenters. The van der Waals surface area contributed by atoms with Crippen LogP contribution in [0.5, 0.6) is 0 Å². The summed E-state index contributed by atoms with van der Waals surface area (Å²) >= 11 is 12.4. The predicted molar refractivity (Wildman–Crippen MR) is 135 cm³/mol. The van der Waals surface area contributed by atoms with Crippen molar-refractivity contribution >= 4 is 52.1 Å². The molecular weight excluding hydrogens is 494 g/mol. The van der Waals surface area contributed by atoms with Crippen LogP contribution in [-0.2, 0) is 0 Å². The highest BCUT2D eigenvalue weighted by Crippen LogP contribution is 2.33. The van der Waals surface area contributed by atoms with Crippen LogP contribution in [0.1, 0.15) is 36.6 Å². The highest BCUT2D eigenvalue weighted by Gasteiger charge is 2.23. The fraction of sp³-hybridized carbons (Fsp3) is 0.115. The highest BCUT2D eigenvalue weighted by atomic mass is 35.5. The Morgan fingerprint density at radius 3 is 2.17 bits per heavy atom. The first-order valence-corrected chi connectivity index (χ1v) is 11.0. The van der Waals surface area contributed by atoms with E-state index in [1.54, 1.807) is 12.1 Å². The summed E-state index contributed by atoms with van der Waals surface area (Å²) in [5.74, 6) is -2.54. The minimum atomic E-state index is -1.27. The summed E-state index contributed by atoms with van der Waals surface area (Å²) in [6, 6.07) is 12.7. The Hall–Kier alpha value is -3.52. The van der Waals surface area contributed by atoms with Gasteiger partial charge in [-0.15, -0.1) is 0 Å². The molecule has 180 valence electrons. The molecule has 0 saturated carbocycles. The number of aromatic nitrogens is 1. The van der Waals surface area contributed by atoms with Crippen molar-refractivity contribution in [1.29, 1.82) is 0 Å². The lowest BCUT2D eigenvalue weighted by atomic mass is 10.0. The van der Waals surface area contributed by atoms with Crippen LogP contribution in [0, 0.1) is 5.82 Å². The van der Waals surface area contributed by atoms with Crippen LogP contribution in [-0.4, -0.2) is 53.8 Å². The second-order valence-electron chi connectivity index (χ2n) is 8.05. The molecule has 6 nitrogen and oxygen atoms in total. The molecule has 3 aromatic carbocycles. The lowest BCUT2D eigenvalue weighted by molar-refractivity contribution is 0.0696. The van der Waals surface area contributed by atoms with Crippen LogP contribution in [0.15, 0.2) is 60.8 Å². The van der Waals surface area contributed by atoms with Crippen molar-refractivity contribution in [1.82, 2.24) is 9.47 Å². The van der Waals surface area contributed by atoms with E-state index in [0.717, 1.165) is 6.07 Å². The van der Waals surface area contributed by atoms with E-state index in [-0.39, 0.29) is 32.4 Å². The molecule has 0 aliphatic heterocycles. The number of nitrogens with zero attached hydrogens (tertiary/aromatic N) is 2. The number of ketones is 1. The molecule has 1 N–H and O–H groups in total. The fourth-order valence-corrected chi connectivity index (χ4v) is 3.95. The normalized spacial score (nSPS) is 10.7. The number of fused-ring (bicyclic) bond motifs is 1. The SMILES string of the molecule is CN(C)C.O=Cc1ccc2c(C(=O)c3c(Cl)cccc3Cl)cn(-c3ccc(C(=O)O)cc3F)c2c1. The molecule has 1 heterocycles. The van der Waals surface area contributed by atoms with Gasteiger partial charge in [-0.05, 0) is 57.5 Å². The predicted octanol–water partition coefficient (Wildman–Crippen LogP) is 6.00. The summed E-state index contributed by atoms with van der Waals surface area (Å²) in [5.41, 5.74) is 0.810. The number of rotatable bonds is 5. The van der Waals surface area contributed by atoms with Crippen LogP contribution >= 0.6 is 23.2 Å². The van der Waals surface area contributed by atoms with Gasteiger partial charge in [0.2, 0.25) is 0 Å². The van der Waals surface area contributed by atoms with E-state index in [4.69, 9.17) is 28.3 Å². The maximum absolute atomic E-state index is 14.8. The van der Waals surface area contributed by atoms with Gasteiger partial charge in [0.25, 0.3) is 0 Å². The van der Waals surface area contributed by atoms with E-state index >= 15 is 0 Å². The number of benzene rings is 3. The Bertz CT molecular complexity index is 1420. The largest absolute Gasteiger partial charge is 0.478 e. The Morgan fingerprint density at radius 1 is 1.00 bits per heavy atom. The number of hydrogen-bond donors (Lipinski definition) is 1. The Labute approximate surface area is 211 Å². The summed E-state index contributed by atoms with van der Waals surface area (Å²) in [5, 5.41) is 9.87. The number of carboxylic acids is 1. The average Bonchev–Trinajstić information content (AvgIpc) is 3.17. The summed E-state index contributed by atoms with van der Waals surface area (Å²) < 4.78 is 16.2. The van der Waals surface area contributed by atoms with Crippen LogP contribution in [0.4, 0.5) is 4.39 Å². The molecular formula is C26H21Cl2FN2O4. The topological polar surface area (TPSA) is 79.6 Å². The van der Waals surface area contributed by atoms with Crippen molar-refractivity contribution < 1.29 is 23.9 Å². The van der Waals surface area contributed by atoms with E-state index in [1.165, 1.54) is 47.2 Å². The van der Waals surface area contributed by atoms with Crippen molar-refractivity contribution in [3.8, 4) is 5.69 Å². The first kappa shape index (κ1) is 26.1. The first-order chi connectivity index (χ1) is 16.5. The van der Waals surface area contributed by atoms with E-state index in [1.807, 2.05) is 26.0 Å². The van der Waals surface area contributed by atoms with E-state index in [0.29, 0.717) is 22.8 Å². The Morgan fingerprint density at radius 2 is 1.63 bits per heavy atom. The average molecular weight is 515 g/mol. The molecule has 0 radical (unpaired) electrons. The van der Waals surface area contributed by atoms with Gasteiger partial charge in [-0.2, -0.15) is 0 Å². The zero-order valence-electron chi connectivity index (χ0n) is 19.1. The third-order valence-corrected chi connectivity index (χ3v) is 5.48. The molecule has 0 aliphatic carbocycles. The van der Waals surface area contributed by atoms with Crippen molar-refractivity contribution in [3.05, 3.63) is 98.9 Å². The van der Waals surface area contributed by atoms with Gasteiger partial charge >= 0.3 is 5.97 Å². The van der Waals surface area contributed by atoms with Gasteiger partial charge in [-0.25, -0.2) is 9.18 Å². The third kappa shape index (κ3) is 5.59. The molecule has 0 atom stereocenters. The van der Waals surface area contributed by atoms with Crippen molar-refractivity contribution in [2.45, 2.75) is 0 Å². The number of carboxylic acid groups (broad SMARTS) is 1. The number of aldehydes is 1. The molecule has 0 spiro atoms. The Kier molecular flexibility index (Phi) is 8.07. The fourth-order valence-electron chi connectivity index (χ4n) is 3.38. The molecule has 9 heteroatoms. The minimum absolute atomic E-state index is 0.0161. The summed E-state index contributed by atoms with van der Waals surface area (Å²) in [4.78, 5) is 37.7. The van der Waals surface area contributed by atoms with E-state index in [9.17, 15) is 18.8 Å². The van der Waals surface area contributed by atoms with Gasteiger partial charge in [0.1, 0.15) is 12.1 Å². The number of aromatic carboxylic acids is 1. The lowest BCUT2D eigenvalue weighted by Gasteiger charge is -2.08. The molecule has 0 saturated heterocycles. The Balaban J connectivity index is 0.000000795. The monoisotopic (exact) mass is 514 g/mol. The number of carbonyl (C=O) groups is 3. The summed E-state index contributed by atoms with van der Waals surface area (Å²) in [7, 11) is 6.00. The van der Waals surface area contributed by atoms with Gasteiger partial charge in [0.05, 0.1) is 32.4 Å². The minimum Gasteiger partial charge on any atom is -0.478 e. The molecule has 0 fully saturated rings.